The van der Waals surface area contributed by atoms with Crippen LogP contribution in [0.15, 0.2) is 24.3 Å². The summed E-state index contributed by atoms with van der Waals surface area (Å²) in [5, 5.41) is 3.14. The van der Waals surface area contributed by atoms with E-state index in [0.717, 1.165) is 36.0 Å². The average Bonchev–Trinajstić information content (AvgIpc) is 3.04. The molecular formula is C16H21NO2. The summed E-state index contributed by atoms with van der Waals surface area (Å²) in [5.41, 5.74) is 1.04. The van der Waals surface area contributed by atoms with Gasteiger partial charge in [0.05, 0.1) is 13.2 Å². The van der Waals surface area contributed by atoms with Gasteiger partial charge in [-0.3, -0.25) is 4.79 Å². The van der Waals surface area contributed by atoms with Crippen molar-refractivity contribution in [2.24, 2.45) is 17.8 Å². The van der Waals surface area contributed by atoms with E-state index < -0.39 is 0 Å². The van der Waals surface area contributed by atoms with E-state index >= 15 is 0 Å². The molecule has 1 N–H and O–H groups in total. The Labute approximate surface area is 114 Å². The summed E-state index contributed by atoms with van der Waals surface area (Å²) in [5.74, 6) is 2.98. The van der Waals surface area contributed by atoms with Gasteiger partial charge >= 0.3 is 0 Å². The summed E-state index contributed by atoms with van der Waals surface area (Å²) in [6, 6.07) is 7.87. The molecule has 0 aliphatic heterocycles. The maximum Gasteiger partial charge on any atom is 0.223 e. The second-order valence-corrected chi connectivity index (χ2v) is 5.90. The van der Waals surface area contributed by atoms with Gasteiger partial charge in [0, 0.05) is 11.5 Å². The smallest absolute Gasteiger partial charge is 0.223 e. The molecule has 3 heteroatoms. The topological polar surface area (TPSA) is 38.3 Å². The summed E-state index contributed by atoms with van der Waals surface area (Å²) >= 11 is 0. The molecule has 0 radical (unpaired) electrons. The van der Waals surface area contributed by atoms with Crippen molar-refractivity contribution < 1.29 is 9.53 Å². The number of carbonyl (C=O) groups is 1. The Bertz CT molecular complexity index is 475. The zero-order valence-electron chi connectivity index (χ0n) is 11.6. The summed E-state index contributed by atoms with van der Waals surface area (Å²) in [7, 11) is 1.66. The Kier molecular flexibility index (Phi) is 3.21. The molecule has 0 saturated heterocycles. The van der Waals surface area contributed by atoms with Gasteiger partial charge in [-0.25, -0.2) is 0 Å². The predicted octanol–water partition coefficient (Wildman–Crippen LogP) is 2.92. The zero-order valence-corrected chi connectivity index (χ0v) is 11.6. The van der Waals surface area contributed by atoms with Gasteiger partial charge in [-0.2, -0.15) is 0 Å². The van der Waals surface area contributed by atoms with Crippen molar-refractivity contribution >= 4 is 5.91 Å². The normalized spacial score (nSPS) is 29.5. The number of hydrogen-bond acceptors (Lipinski definition) is 2. The van der Waals surface area contributed by atoms with Gasteiger partial charge in [-0.05, 0) is 44.1 Å². The van der Waals surface area contributed by atoms with E-state index in [0.29, 0.717) is 0 Å². The number of benzene rings is 1. The first-order valence-corrected chi connectivity index (χ1v) is 7.12. The van der Waals surface area contributed by atoms with Crippen LogP contribution in [0.3, 0.4) is 0 Å². The van der Waals surface area contributed by atoms with E-state index in [9.17, 15) is 4.79 Å². The minimum absolute atomic E-state index is 0.000534. The van der Waals surface area contributed by atoms with Gasteiger partial charge in [-0.1, -0.05) is 18.2 Å². The minimum atomic E-state index is 0.000534. The molecule has 3 atom stereocenters. The average molecular weight is 259 g/mol. The van der Waals surface area contributed by atoms with Gasteiger partial charge in [0.1, 0.15) is 5.75 Å². The van der Waals surface area contributed by atoms with Gasteiger partial charge in [-0.15, -0.1) is 0 Å². The molecule has 2 aliphatic rings. The second kappa shape index (κ2) is 4.87. The predicted molar refractivity (Wildman–Crippen MR) is 73.9 cm³/mol. The lowest BCUT2D eigenvalue weighted by molar-refractivity contribution is -0.125. The molecule has 2 aliphatic carbocycles. The van der Waals surface area contributed by atoms with Crippen molar-refractivity contribution in [1.82, 2.24) is 5.32 Å². The molecule has 0 bridgehead atoms. The van der Waals surface area contributed by atoms with Crippen LogP contribution in [0.1, 0.15) is 37.8 Å². The van der Waals surface area contributed by atoms with Gasteiger partial charge in [0.15, 0.2) is 0 Å². The molecule has 0 aromatic heterocycles. The van der Waals surface area contributed by atoms with Crippen LogP contribution in [0.2, 0.25) is 0 Å². The van der Waals surface area contributed by atoms with E-state index in [1.807, 2.05) is 31.2 Å². The standard InChI is InChI=1S/C16H21NO2/c1-10(14-5-3-4-6-15(14)19-2)17-16(18)13-8-11-7-12(11)9-13/h3-6,10-13H,7-9H2,1-2H3,(H,17,18). The van der Waals surface area contributed by atoms with E-state index in [2.05, 4.69) is 5.32 Å². The quantitative estimate of drug-likeness (QED) is 0.903. The van der Waals surface area contributed by atoms with Crippen molar-refractivity contribution in [3.05, 3.63) is 29.8 Å². The summed E-state index contributed by atoms with van der Waals surface area (Å²) in [6.07, 6.45) is 3.54. The van der Waals surface area contributed by atoms with Crippen molar-refractivity contribution in [2.75, 3.05) is 7.11 Å². The highest BCUT2D eigenvalue weighted by atomic mass is 16.5. The van der Waals surface area contributed by atoms with Crippen LogP contribution in [0.5, 0.6) is 5.75 Å². The van der Waals surface area contributed by atoms with Crippen LogP contribution >= 0.6 is 0 Å². The molecule has 1 aromatic carbocycles. The van der Waals surface area contributed by atoms with Crippen molar-refractivity contribution in [3.63, 3.8) is 0 Å². The first-order chi connectivity index (χ1) is 9.19. The number of para-hydroxylation sites is 1. The second-order valence-electron chi connectivity index (χ2n) is 5.90. The highest BCUT2D eigenvalue weighted by Gasteiger charge is 2.48. The lowest BCUT2D eigenvalue weighted by atomic mass is 10.0. The first kappa shape index (κ1) is 12.5. The molecule has 3 rings (SSSR count). The molecule has 0 spiro atoms. The molecule has 102 valence electrons. The van der Waals surface area contributed by atoms with Crippen LogP contribution in [-0.2, 0) is 4.79 Å². The fourth-order valence-electron chi connectivity index (χ4n) is 3.36. The fraction of sp³-hybridized carbons (Fsp3) is 0.562. The van der Waals surface area contributed by atoms with Crippen molar-refractivity contribution in [1.29, 1.82) is 0 Å². The van der Waals surface area contributed by atoms with E-state index in [-0.39, 0.29) is 17.9 Å². The number of hydrogen-bond donors (Lipinski definition) is 1. The lowest BCUT2D eigenvalue weighted by Crippen LogP contribution is -2.32. The SMILES string of the molecule is COc1ccccc1C(C)NC(=O)C1CC2CC2C1. The van der Waals surface area contributed by atoms with Crippen LogP contribution in [0, 0.1) is 17.8 Å². The van der Waals surface area contributed by atoms with Crippen LogP contribution in [0.4, 0.5) is 0 Å². The van der Waals surface area contributed by atoms with Crippen molar-refractivity contribution in [3.8, 4) is 5.75 Å². The van der Waals surface area contributed by atoms with Gasteiger partial charge < -0.3 is 10.1 Å². The maximum absolute atomic E-state index is 12.2. The van der Waals surface area contributed by atoms with Gasteiger partial charge in [0.25, 0.3) is 0 Å². The number of ether oxygens (including phenoxy) is 1. The molecule has 1 aromatic rings. The zero-order chi connectivity index (χ0) is 13.4. The van der Waals surface area contributed by atoms with Gasteiger partial charge in [0.2, 0.25) is 5.91 Å². The molecule has 1 amide bonds. The van der Waals surface area contributed by atoms with E-state index in [1.54, 1.807) is 7.11 Å². The Morgan fingerprint density at radius 1 is 1.26 bits per heavy atom. The largest absolute Gasteiger partial charge is 0.496 e. The molecule has 3 unspecified atom stereocenters. The van der Waals surface area contributed by atoms with Crippen LogP contribution < -0.4 is 10.1 Å². The number of nitrogens with one attached hydrogen (secondary N) is 1. The summed E-state index contributed by atoms with van der Waals surface area (Å²) in [4.78, 5) is 12.2. The number of amides is 1. The molecule has 0 heterocycles. The van der Waals surface area contributed by atoms with Crippen LogP contribution in [0.25, 0.3) is 0 Å². The molecule has 2 fully saturated rings. The molecule has 2 saturated carbocycles. The van der Waals surface area contributed by atoms with E-state index in [1.165, 1.54) is 6.42 Å². The summed E-state index contributed by atoms with van der Waals surface area (Å²) in [6.45, 7) is 2.02. The fourth-order valence-corrected chi connectivity index (χ4v) is 3.36. The first-order valence-electron chi connectivity index (χ1n) is 7.12. The molecular weight excluding hydrogens is 238 g/mol. The Morgan fingerprint density at radius 2 is 1.95 bits per heavy atom. The molecule has 3 nitrogen and oxygen atoms in total. The van der Waals surface area contributed by atoms with E-state index in [4.69, 9.17) is 4.74 Å². The number of methoxy groups -OCH3 is 1. The number of carbonyl (C=O) groups excluding carboxylic acids is 1. The third-order valence-corrected chi connectivity index (χ3v) is 4.58. The Balaban J connectivity index is 1.63. The highest BCUT2D eigenvalue weighted by Crippen LogP contribution is 2.54. The minimum Gasteiger partial charge on any atom is -0.496 e. The molecule has 19 heavy (non-hydrogen) atoms. The number of fused-ring (bicyclic) bond motifs is 1. The Morgan fingerprint density at radius 3 is 2.63 bits per heavy atom. The Hall–Kier alpha value is -1.51. The number of rotatable bonds is 4. The van der Waals surface area contributed by atoms with Crippen LogP contribution in [-0.4, -0.2) is 13.0 Å². The third kappa shape index (κ3) is 2.46. The van der Waals surface area contributed by atoms with Crippen molar-refractivity contribution in [2.45, 2.75) is 32.2 Å². The summed E-state index contributed by atoms with van der Waals surface area (Å²) < 4.78 is 5.35. The maximum atomic E-state index is 12.2. The monoisotopic (exact) mass is 259 g/mol. The highest BCUT2D eigenvalue weighted by molar-refractivity contribution is 5.79. The third-order valence-electron chi connectivity index (χ3n) is 4.58. The lowest BCUT2D eigenvalue weighted by Gasteiger charge is -2.20.